The molecule has 0 N–H and O–H groups in total. The van der Waals surface area contributed by atoms with Gasteiger partial charge < -0.3 is 14.7 Å². The summed E-state index contributed by atoms with van der Waals surface area (Å²) in [5.41, 5.74) is 11.7. The van der Waals surface area contributed by atoms with Crippen LogP contribution in [0.4, 0.5) is 17.1 Å². The molecule has 0 bridgehead atoms. The molecule has 0 radical (unpaired) electrons. The maximum absolute atomic E-state index is 11.7. The van der Waals surface area contributed by atoms with Gasteiger partial charge >= 0.3 is 0 Å². The van der Waals surface area contributed by atoms with Gasteiger partial charge in [-0.3, -0.25) is 14.4 Å². The van der Waals surface area contributed by atoms with E-state index in [-0.39, 0.29) is 65.3 Å². The van der Waals surface area contributed by atoms with Gasteiger partial charge in [-0.1, -0.05) is 156 Å². The molecule has 0 atom stereocenters. The summed E-state index contributed by atoms with van der Waals surface area (Å²) in [6.45, 7) is 14.7. The first-order valence-corrected chi connectivity index (χ1v) is 17.8. The van der Waals surface area contributed by atoms with Gasteiger partial charge in [0.25, 0.3) is 0 Å². The number of carbonyl (C=O) groups is 3. The largest absolute Gasteiger partial charge is 0.312 e. The summed E-state index contributed by atoms with van der Waals surface area (Å²) in [4.78, 5) is 40.7. The number of hydrogen-bond acceptors (Lipinski definition) is 3. The van der Waals surface area contributed by atoms with Crippen LogP contribution < -0.4 is 14.7 Å². The van der Waals surface area contributed by atoms with E-state index in [4.69, 9.17) is 0 Å². The van der Waals surface area contributed by atoms with E-state index < -0.39 is 0 Å². The van der Waals surface area contributed by atoms with Crippen LogP contribution >= 0.6 is 0 Å². The number of para-hydroxylation sites is 3. The predicted molar refractivity (Wildman–Crippen MR) is 245 cm³/mol. The van der Waals surface area contributed by atoms with Crippen molar-refractivity contribution in [1.82, 2.24) is 0 Å². The fourth-order valence-electron chi connectivity index (χ4n) is 7.31. The van der Waals surface area contributed by atoms with Crippen molar-refractivity contribution in [3.05, 3.63) is 88.0 Å². The topological polar surface area (TPSA) is 60.9 Å². The fourth-order valence-corrected chi connectivity index (χ4v) is 7.31. The lowest BCUT2D eigenvalue weighted by Crippen LogP contribution is -2.39. The van der Waals surface area contributed by atoms with Crippen molar-refractivity contribution >= 4 is 34.8 Å². The van der Waals surface area contributed by atoms with Crippen LogP contribution in [0.2, 0.25) is 0 Å². The minimum absolute atomic E-state index is 0. The molecule has 0 saturated heterocycles. The molecule has 0 fully saturated rings. The van der Waals surface area contributed by atoms with E-state index in [1.807, 2.05) is 56.2 Å². The van der Waals surface area contributed by atoms with Crippen molar-refractivity contribution in [3.63, 3.8) is 0 Å². The van der Waals surface area contributed by atoms with E-state index >= 15 is 0 Å². The standard InChI is InChI=1S/C12H13NO.2C11H11NO.3C2H6.8CH4/c14-11-7-6-10-4-1-3-9-5-2-8-13(11)12(9)10;13-10-7-9-4-1-3-8-5-2-6-12(10)11(8)9;13-10-5-4-8-2-1-3-9-6-7-12(10)11(8)9;3*1-2;;;;;;;;/h1,3-4H,2,5-8H2;1,3-4H,2,5-7H2;1-3H,4-7H2;3*1-2H3;8*1H4. The Bertz CT molecular complexity index is 1510. The molecule has 6 aliphatic rings. The van der Waals surface area contributed by atoms with E-state index in [2.05, 4.69) is 54.6 Å². The smallest absolute Gasteiger partial charge is 0.231 e. The summed E-state index contributed by atoms with van der Waals surface area (Å²) in [6, 6.07) is 19.1. The average Bonchev–Trinajstić information content (AvgIpc) is 3.71. The van der Waals surface area contributed by atoms with E-state index in [0.29, 0.717) is 31.1 Å². The number of amides is 3. The van der Waals surface area contributed by atoms with Gasteiger partial charge in [-0.15, -0.1) is 0 Å². The number of carbonyl (C=O) groups excluding carboxylic acids is 3. The molecular weight excluding hydrogens is 667 g/mol. The van der Waals surface area contributed by atoms with Gasteiger partial charge in [0.1, 0.15) is 0 Å². The molecule has 0 saturated carbocycles. The van der Waals surface area contributed by atoms with Crippen LogP contribution in [0.1, 0.15) is 160 Å². The monoisotopic (exact) mass is 752 g/mol. The third kappa shape index (κ3) is 12.3. The van der Waals surface area contributed by atoms with E-state index in [0.717, 1.165) is 64.6 Å². The van der Waals surface area contributed by atoms with Crippen molar-refractivity contribution in [2.75, 3.05) is 34.3 Å². The number of rotatable bonds is 0. The summed E-state index contributed by atoms with van der Waals surface area (Å²) in [6.07, 6.45) is 9.38. The van der Waals surface area contributed by atoms with Crippen molar-refractivity contribution < 1.29 is 14.4 Å². The molecular formula is C48H85N3O3. The van der Waals surface area contributed by atoms with E-state index in [9.17, 15) is 14.4 Å². The highest BCUT2D eigenvalue weighted by molar-refractivity contribution is 6.02. The Kier molecular flexibility index (Phi) is 31.3. The van der Waals surface area contributed by atoms with Crippen LogP contribution in [0.25, 0.3) is 0 Å². The summed E-state index contributed by atoms with van der Waals surface area (Å²) >= 11 is 0. The van der Waals surface area contributed by atoms with Crippen molar-refractivity contribution in [1.29, 1.82) is 0 Å². The molecule has 6 heteroatoms. The molecule has 6 aliphatic heterocycles. The lowest BCUT2D eigenvalue weighted by molar-refractivity contribution is -0.119. The van der Waals surface area contributed by atoms with Gasteiger partial charge in [0, 0.05) is 38.2 Å². The van der Waals surface area contributed by atoms with Crippen LogP contribution in [-0.4, -0.2) is 37.4 Å². The zero-order valence-electron chi connectivity index (χ0n) is 29.0. The molecule has 3 aromatic rings. The second-order valence-corrected chi connectivity index (χ2v) is 11.5. The van der Waals surface area contributed by atoms with Crippen molar-refractivity contribution in [2.24, 2.45) is 0 Å². The number of benzene rings is 3. The zero-order valence-corrected chi connectivity index (χ0v) is 29.0. The van der Waals surface area contributed by atoms with Crippen LogP contribution in [0.3, 0.4) is 0 Å². The molecule has 0 aliphatic carbocycles. The highest BCUT2D eigenvalue weighted by Gasteiger charge is 2.32. The molecule has 0 spiro atoms. The number of hydrogen-bond donors (Lipinski definition) is 0. The third-order valence-electron chi connectivity index (χ3n) is 9.14. The van der Waals surface area contributed by atoms with Crippen LogP contribution in [0.15, 0.2) is 54.6 Å². The second kappa shape index (κ2) is 28.5. The predicted octanol–water partition coefficient (Wildman–Crippen LogP) is 13.1. The number of anilines is 3. The third-order valence-corrected chi connectivity index (χ3v) is 9.14. The van der Waals surface area contributed by atoms with Crippen molar-refractivity contribution in [3.8, 4) is 0 Å². The maximum Gasteiger partial charge on any atom is 0.231 e. The Morgan fingerprint density at radius 1 is 0.352 bits per heavy atom. The van der Waals surface area contributed by atoms with Crippen LogP contribution in [0, 0.1) is 0 Å². The highest BCUT2D eigenvalue weighted by Crippen LogP contribution is 2.38. The van der Waals surface area contributed by atoms with Gasteiger partial charge in [0.05, 0.1) is 17.8 Å². The number of aryl methyl sites for hydroxylation is 4. The van der Waals surface area contributed by atoms with Crippen LogP contribution in [0.5, 0.6) is 0 Å². The molecule has 0 unspecified atom stereocenters. The molecule has 6 heterocycles. The average molecular weight is 752 g/mol. The zero-order chi connectivity index (χ0) is 33.2. The summed E-state index contributed by atoms with van der Waals surface area (Å²) in [7, 11) is 0. The Labute approximate surface area is 335 Å². The Balaban J connectivity index is -0.000000194. The first-order valence-electron chi connectivity index (χ1n) is 17.8. The summed E-state index contributed by atoms with van der Waals surface area (Å²) in [5.74, 6) is 0.893. The lowest BCUT2D eigenvalue weighted by atomic mass is 9.92. The quantitative estimate of drug-likeness (QED) is 0.230. The second-order valence-electron chi connectivity index (χ2n) is 11.5. The molecule has 310 valence electrons. The minimum atomic E-state index is 0. The van der Waals surface area contributed by atoms with E-state index in [1.165, 1.54) is 50.4 Å². The maximum atomic E-state index is 11.7. The summed E-state index contributed by atoms with van der Waals surface area (Å²) in [5, 5.41) is 0. The van der Waals surface area contributed by atoms with Gasteiger partial charge in [-0.25, -0.2) is 0 Å². The van der Waals surface area contributed by atoms with Gasteiger partial charge in [0.15, 0.2) is 0 Å². The molecule has 6 nitrogen and oxygen atoms in total. The Morgan fingerprint density at radius 3 is 1.06 bits per heavy atom. The fraction of sp³-hybridized carbons (Fsp3) is 0.562. The SMILES string of the molecule is C.C.C.C.C.C.C.C.CC.CC.CC.O=C1CCc2cccc3c2N1CC3.O=C1CCc2cccc3c2N1CCC3.O=C1Cc2cccc3c2N1CCC3. The molecule has 3 amide bonds. The van der Waals surface area contributed by atoms with Gasteiger partial charge in [-0.2, -0.15) is 0 Å². The first kappa shape index (κ1) is 59.4. The number of nitrogens with zero attached hydrogens (tertiary/aromatic N) is 3. The summed E-state index contributed by atoms with van der Waals surface area (Å²) < 4.78 is 0. The highest BCUT2D eigenvalue weighted by atomic mass is 16.2. The van der Waals surface area contributed by atoms with Crippen LogP contribution in [-0.2, 0) is 52.9 Å². The van der Waals surface area contributed by atoms with Gasteiger partial charge in [-0.05, 0) is 78.3 Å². The lowest BCUT2D eigenvalue weighted by Gasteiger charge is -2.34. The molecule has 3 aromatic carbocycles. The normalized spacial score (nSPS) is 14.6. The molecule has 54 heavy (non-hydrogen) atoms. The van der Waals surface area contributed by atoms with Gasteiger partial charge in [0.2, 0.25) is 17.7 Å². The first-order chi connectivity index (χ1) is 22.6. The molecule has 0 aromatic heterocycles. The van der Waals surface area contributed by atoms with E-state index in [1.54, 1.807) is 0 Å². The Morgan fingerprint density at radius 2 is 0.648 bits per heavy atom. The Hall–Kier alpha value is -3.93. The van der Waals surface area contributed by atoms with Crippen molar-refractivity contribution in [2.45, 2.75) is 165 Å². The minimum Gasteiger partial charge on any atom is -0.312 e. The molecule has 9 rings (SSSR count).